The monoisotopic (exact) mass is 357 g/mol. The van der Waals surface area contributed by atoms with E-state index in [4.69, 9.17) is 0 Å². The number of fused-ring (bicyclic) bond motifs is 2. The summed E-state index contributed by atoms with van der Waals surface area (Å²) >= 11 is 0. The Morgan fingerprint density at radius 1 is 1.19 bits per heavy atom. The van der Waals surface area contributed by atoms with Crippen LogP contribution in [0.5, 0.6) is 5.88 Å². The van der Waals surface area contributed by atoms with Gasteiger partial charge in [-0.25, -0.2) is 9.98 Å². The Bertz CT molecular complexity index is 1070. The molecule has 1 atom stereocenters. The van der Waals surface area contributed by atoms with Gasteiger partial charge in [-0.05, 0) is 48.6 Å². The summed E-state index contributed by atoms with van der Waals surface area (Å²) in [6.45, 7) is 0. The van der Waals surface area contributed by atoms with Crippen LogP contribution in [0.1, 0.15) is 41.3 Å². The van der Waals surface area contributed by atoms with E-state index in [0.717, 1.165) is 30.4 Å². The molecule has 0 spiro atoms. The van der Waals surface area contributed by atoms with Gasteiger partial charge in [0.2, 0.25) is 11.8 Å². The highest BCUT2D eigenvalue weighted by Crippen LogP contribution is 2.34. The number of hydrogen-bond donors (Lipinski definition) is 3. The smallest absolute Gasteiger partial charge is 0.238 e. The molecule has 6 heteroatoms. The molecular formula is C21H19N5O. The largest absolute Gasteiger partial charge is 0.492 e. The molecule has 3 N–H and O–H groups in total. The summed E-state index contributed by atoms with van der Waals surface area (Å²) in [5.74, 6) is 1.24. The lowest BCUT2D eigenvalue weighted by atomic mass is 9.88. The maximum Gasteiger partial charge on any atom is 0.238 e. The first-order chi connectivity index (χ1) is 13.3. The van der Waals surface area contributed by atoms with Gasteiger partial charge in [-0.1, -0.05) is 24.3 Å². The minimum absolute atomic E-state index is 0.0279. The van der Waals surface area contributed by atoms with E-state index < -0.39 is 0 Å². The third-order valence-corrected chi connectivity index (χ3v) is 5.12. The summed E-state index contributed by atoms with van der Waals surface area (Å²) in [6, 6.07) is 12.5. The molecular weight excluding hydrogens is 338 g/mol. The van der Waals surface area contributed by atoms with Gasteiger partial charge in [0.1, 0.15) is 5.69 Å². The summed E-state index contributed by atoms with van der Waals surface area (Å²) in [4.78, 5) is 16.0. The van der Waals surface area contributed by atoms with Crippen LogP contribution in [0.4, 0.5) is 11.8 Å². The minimum atomic E-state index is -0.0279. The van der Waals surface area contributed by atoms with Crippen molar-refractivity contribution in [2.45, 2.75) is 25.3 Å². The van der Waals surface area contributed by atoms with Crippen LogP contribution in [-0.2, 0) is 6.42 Å². The average molecular weight is 357 g/mol. The summed E-state index contributed by atoms with van der Waals surface area (Å²) in [5.41, 5.74) is 5.08. The van der Waals surface area contributed by atoms with Gasteiger partial charge in [0.05, 0.1) is 6.04 Å². The molecule has 3 heterocycles. The van der Waals surface area contributed by atoms with Crippen molar-refractivity contribution in [1.29, 1.82) is 0 Å². The number of aromatic amines is 1. The van der Waals surface area contributed by atoms with E-state index in [9.17, 15) is 5.11 Å². The van der Waals surface area contributed by atoms with Crippen molar-refractivity contribution < 1.29 is 5.11 Å². The van der Waals surface area contributed by atoms with Gasteiger partial charge >= 0.3 is 0 Å². The highest BCUT2D eigenvalue weighted by molar-refractivity contribution is 6.20. The third kappa shape index (κ3) is 2.89. The topological polar surface area (TPSA) is 86.2 Å². The van der Waals surface area contributed by atoms with Gasteiger partial charge in [0.15, 0.2) is 5.82 Å². The Morgan fingerprint density at radius 3 is 3.07 bits per heavy atom. The van der Waals surface area contributed by atoms with Crippen LogP contribution < -0.4 is 5.32 Å². The quantitative estimate of drug-likeness (QED) is 0.654. The molecule has 1 aliphatic heterocycles. The SMILES string of the molecule is Oc1nc(NC2CCCc3ccccc32)[nH]c1C=C1C=Nc2ncccc21. The molecule has 5 rings (SSSR count). The zero-order valence-electron chi connectivity index (χ0n) is 14.7. The van der Waals surface area contributed by atoms with Crippen LogP contribution in [0, 0.1) is 0 Å². The van der Waals surface area contributed by atoms with Crippen molar-refractivity contribution in [3.63, 3.8) is 0 Å². The minimum Gasteiger partial charge on any atom is -0.492 e. The molecule has 1 aromatic carbocycles. The number of aromatic hydroxyl groups is 1. The summed E-state index contributed by atoms with van der Waals surface area (Å²) in [5, 5.41) is 13.7. The van der Waals surface area contributed by atoms with Crippen molar-refractivity contribution in [2.75, 3.05) is 5.32 Å². The molecule has 6 nitrogen and oxygen atoms in total. The molecule has 27 heavy (non-hydrogen) atoms. The summed E-state index contributed by atoms with van der Waals surface area (Å²) < 4.78 is 0. The molecule has 0 bridgehead atoms. The number of aryl methyl sites for hydroxylation is 1. The number of nitrogens with one attached hydrogen (secondary N) is 2. The second kappa shape index (κ2) is 6.39. The third-order valence-electron chi connectivity index (χ3n) is 5.12. The lowest BCUT2D eigenvalue weighted by Gasteiger charge is -2.26. The maximum atomic E-state index is 10.3. The predicted octanol–water partition coefficient (Wildman–Crippen LogP) is 4.26. The van der Waals surface area contributed by atoms with Crippen molar-refractivity contribution in [1.82, 2.24) is 15.0 Å². The first kappa shape index (κ1) is 15.8. The van der Waals surface area contributed by atoms with Crippen LogP contribution in [0.25, 0.3) is 11.6 Å². The molecule has 1 unspecified atom stereocenters. The molecule has 0 saturated heterocycles. The van der Waals surface area contributed by atoms with Crippen LogP contribution in [-0.4, -0.2) is 26.3 Å². The lowest BCUT2D eigenvalue weighted by Crippen LogP contribution is -2.17. The number of allylic oxidation sites excluding steroid dienone is 1. The summed E-state index contributed by atoms with van der Waals surface area (Å²) in [6.07, 6.45) is 8.61. The fourth-order valence-corrected chi connectivity index (χ4v) is 3.81. The molecule has 0 amide bonds. The number of pyridine rings is 1. The number of aromatic nitrogens is 3. The van der Waals surface area contributed by atoms with Gasteiger partial charge < -0.3 is 15.4 Å². The summed E-state index contributed by atoms with van der Waals surface area (Å²) in [7, 11) is 0. The van der Waals surface area contributed by atoms with E-state index in [0.29, 0.717) is 17.5 Å². The molecule has 134 valence electrons. The zero-order chi connectivity index (χ0) is 18.2. The number of anilines is 1. The van der Waals surface area contributed by atoms with E-state index >= 15 is 0 Å². The second-order valence-corrected chi connectivity index (χ2v) is 6.84. The zero-order valence-corrected chi connectivity index (χ0v) is 14.7. The van der Waals surface area contributed by atoms with Crippen molar-refractivity contribution >= 4 is 29.6 Å². The van der Waals surface area contributed by atoms with Gasteiger partial charge in [-0.15, -0.1) is 0 Å². The Labute approximate surface area is 156 Å². The number of benzene rings is 1. The Balaban J connectivity index is 1.42. The van der Waals surface area contributed by atoms with E-state index in [2.05, 4.69) is 49.5 Å². The van der Waals surface area contributed by atoms with E-state index in [-0.39, 0.29) is 11.9 Å². The van der Waals surface area contributed by atoms with Crippen LogP contribution in [0.3, 0.4) is 0 Å². The molecule has 2 aliphatic rings. The normalized spacial score (nSPS) is 19.1. The molecule has 0 saturated carbocycles. The Morgan fingerprint density at radius 2 is 2.11 bits per heavy atom. The highest BCUT2D eigenvalue weighted by Gasteiger charge is 2.21. The maximum absolute atomic E-state index is 10.3. The molecule has 1 aliphatic carbocycles. The number of rotatable bonds is 3. The Kier molecular flexibility index (Phi) is 3.74. The number of hydrogen-bond acceptors (Lipinski definition) is 5. The number of aliphatic imine (C=N–C) groups is 1. The molecule has 0 fully saturated rings. The lowest BCUT2D eigenvalue weighted by molar-refractivity contribution is 0.455. The number of H-pyrrole nitrogens is 1. The first-order valence-corrected chi connectivity index (χ1v) is 9.12. The van der Waals surface area contributed by atoms with Gasteiger partial charge in [-0.2, -0.15) is 4.98 Å². The molecule has 0 radical (unpaired) electrons. The van der Waals surface area contributed by atoms with E-state index in [1.165, 1.54) is 11.1 Å². The number of imidazole rings is 1. The number of nitrogens with zero attached hydrogens (tertiary/aromatic N) is 3. The first-order valence-electron chi connectivity index (χ1n) is 9.12. The van der Waals surface area contributed by atoms with Gasteiger partial charge in [-0.3, -0.25) is 0 Å². The van der Waals surface area contributed by atoms with Crippen LogP contribution in [0.15, 0.2) is 47.6 Å². The van der Waals surface area contributed by atoms with Crippen molar-refractivity contribution in [2.24, 2.45) is 4.99 Å². The molecule has 3 aromatic rings. The average Bonchev–Trinajstić information content (AvgIpc) is 3.26. The van der Waals surface area contributed by atoms with Crippen LogP contribution in [0.2, 0.25) is 0 Å². The highest BCUT2D eigenvalue weighted by atomic mass is 16.3. The fourth-order valence-electron chi connectivity index (χ4n) is 3.81. The van der Waals surface area contributed by atoms with Crippen LogP contribution >= 0.6 is 0 Å². The predicted molar refractivity (Wildman–Crippen MR) is 106 cm³/mol. The van der Waals surface area contributed by atoms with E-state index in [1.54, 1.807) is 12.4 Å². The second-order valence-electron chi connectivity index (χ2n) is 6.84. The van der Waals surface area contributed by atoms with Gasteiger partial charge in [0, 0.05) is 23.5 Å². The van der Waals surface area contributed by atoms with Crippen molar-refractivity contribution in [3.05, 3.63) is 65.0 Å². The van der Waals surface area contributed by atoms with Crippen molar-refractivity contribution in [3.8, 4) is 5.88 Å². The fraction of sp³-hybridized carbons (Fsp3) is 0.190. The Hall–Kier alpha value is -3.41. The van der Waals surface area contributed by atoms with Gasteiger partial charge in [0.25, 0.3) is 0 Å². The standard InChI is InChI=1S/C21H19N5O/c27-20-18(11-14-12-23-19-16(14)8-4-10-22-19)25-21(26-20)24-17-9-3-6-13-5-1-2-7-15(13)17/h1-2,4-5,7-8,10-12,17,27H,3,6,9H2,(H2,24,25,26). The molecule has 2 aromatic heterocycles. The van der Waals surface area contributed by atoms with E-state index in [1.807, 2.05) is 18.2 Å².